The third-order valence-electron chi connectivity index (χ3n) is 3.77. The molecule has 0 aliphatic heterocycles. The van der Waals surface area contributed by atoms with Gasteiger partial charge in [-0.2, -0.15) is 0 Å². The molecule has 0 heterocycles. The van der Waals surface area contributed by atoms with Gasteiger partial charge in [0.1, 0.15) is 0 Å². The Bertz CT molecular complexity index is 697. The Morgan fingerprint density at radius 2 is 1.59 bits per heavy atom. The zero-order valence-corrected chi connectivity index (χ0v) is 12.7. The van der Waals surface area contributed by atoms with Gasteiger partial charge in [0.05, 0.1) is 0 Å². The number of hydrogen-bond acceptors (Lipinski definition) is 3. The van der Waals surface area contributed by atoms with E-state index in [9.17, 15) is 9.59 Å². The quantitative estimate of drug-likeness (QED) is 0.587. The van der Waals surface area contributed by atoms with Gasteiger partial charge in [0, 0.05) is 17.7 Å². The van der Waals surface area contributed by atoms with Gasteiger partial charge in [-0.25, -0.2) is 5.48 Å². The third kappa shape index (κ3) is 3.62. The van der Waals surface area contributed by atoms with E-state index in [1.807, 2.05) is 0 Å². The van der Waals surface area contributed by atoms with Crippen molar-refractivity contribution in [2.24, 2.45) is 5.92 Å². The first-order valence-corrected chi connectivity index (χ1v) is 7.31. The number of carbonyl (C=O) groups excluding carboxylic acids is 2. The molecule has 116 valence electrons. The molecule has 3 N–H and O–H groups in total. The van der Waals surface area contributed by atoms with E-state index in [2.05, 4.69) is 19.2 Å². The molecule has 0 aliphatic rings. The maximum absolute atomic E-state index is 12.1. The lowest BCUT2D eigenvalue weighted by atomic mass is 10.0. The van der Waals surface area contributed by atoms with E-state index in [0.717, 1.165) is 17.2 Å². The van der Waals surface area contributed by atoms with Gasteiger partial charge in [0.2, 0.25) is 0 Å². The second kappa shape index (κ2) is 7.04. The van der Waals surface area contributed by atoms with Crippen LogP contribution in [0, 0.1) is 5.92 Å². The molecule has 0 fully saturated rings. The van der Waals surface area contributed by atoms with Crippen molar-refractivity contribution in [1.82, 2.24) is 10.8 Å². The molecule has 0 saturated heterocycles. The van der Waals surface area contributed by atoms with Crippen LogP contribution in [0.1, 0.15) is 41.0 Å². The molecule has 0 aromatic heterocycles. The second-order valence-corrected chi connectivity index (χ2v) is 5.44. The largest absolute Gasteiger partial charge is 0.352 e. The van der Waals surface area contributed by atoms with Gasteiger partial charge < -0.3 is 5.32 Å². The third-order valence-corrected chi connectivity index (χ3v) is 3.77. The van der Waals surface area contributed by atoms with Crippen LogP contribution >= 0.6 is 0 Å². The number of rotatable bonds is 5. The maximum Gasteiger partial charge on any atom is 0.274 e. The van der Waals surface area contributed by atoms with Crippen LogP contribution in [0.4, 0.5) is 0 Å². The van der Waals surface area contributed by atoms with Crippen LogP contribution < -0.4 is 10.8 Å². The number of hydrogen-bond donors (Lipinski definition) is 3. The molecule has 0 saturated carbocycles. The van der Waals surface area contributed by atoms with Crippen molar-refractivity contribution < 1.29 is 14.8 Å². The van der Waals surface area contributed by atoms with Crippen LogP contribution in [-0.2, 0) is 0 Å². The van der Waals surface area contributed by atoms with Crippen LogP contribution in [0.15, 0.2) is 36.4 Å². The topological polar surface area (TPSA) is 78.4 Å². The molecule has 0 aliphatic carbocycles. The van der Waals surface area contributed by atoms with Crippen molar-refractivity contribution in [3.8, 4) is 0 Å². The SMILES string of the molecule is CCC(C)CNC(=O)c1ccc2cc(C(=O)NO)ccc2c1. The standard InChI is InChI=1S/C17H20N2O3/c1-3-11(2)10-18-16(20)14-6-4-13-9-15(17(21)19-22)7-5-12(13)8-14/h4-9,11,22H,3,10H2,1-2H3,(H,18,20)(H,19,21). The zero-order chi connectivity index (χ0) is 16.1. The number of amides is 2. The molecule has 2 amide bonds. The van der Waals surface area contributed by atoms with Crippen molar-refractivity contribution in [2.45, 2.75) is 20.3 Å². The highest BCUT2D eigenvalue weighted by Gasteiger charge is 2.09. The Morgan fingerprint density at radius 3 is 2.09 bits per heavy atom. The Balaban J connectivity index is 2.20. The normalized spacial score (nSPS) is 12.0. The van der Waals surface area contributed by atoms with Gasteiger partial charge in [-0.3, -0.25) is 14.8 Å². The summed E-state index contributed by atoms with van der Waals surface area (Å²) in [6, 6.07) is 10.3. The van der Waals surface area contributed by atoms with Crippen LogP contribution in [-0.4, -0.2) is 23.6 Å². The van der Waals surface area contributed by atoms with Gasteiger partial charge in [0.15, 0.2) is 0 Å². The summed E-state index contributed by atoms with van der Waals surface area (Å²) in [5.74, 6) is -0.208. The number of benzene rings is 2. The monoisotopic (exact) mass is 300 g/mol. The van der Waals surface area contributed by atoms with Crippen molar-refractivity contribution >= 4 is 22.6 Å². The van der Waals surface area contributed by atoms with Crippen molar-refractivity contribution in [3.63, 3.8) is 0 Å². The molecule has 0 bridgehead atoms. The molecule has 0 spiro atoms. The van der Waals surface area contributed by atoms with Crippen LogP contribution in [0.25, 0.3) is 10.8 Å². The molecule has 1 atom stereocenters. The average Bonchev–Trinajstić information content (AvgIpc) is 2.57. The molecular weight excluding hydrogens is 280 g/mol. The summed E-state index contributed by atoms with van der Waals surface area (Å²) in [7, 11) is 0. The lowest BCUT2D eigenvalue weighted by Gasteiger charge is -2.10. The van der Waals surface area contributed by atoms with Crippen molar-refractivity contribution in [3.05, 3.63) is 47.5 Å². The number of carbonyl (C=O) groups is 2. The van der Waals surface area contributed by atoms with Gasteiger partial charge in [-0.1, -0.05) is 32.4 Å². The summed E-state index contributed by atoms with van der Waals surface area (Å²) in [6.07, 6.45) is 1.02. The average molecular weight is 300 g/mol. The van der Waals surface area contributed by atoms with E-state index in [1.54, 1.807) is 41.9 Å². The Morgan fingerprint density at radius 1 is 1.05 bits per heavy atom. The minimum atomic E-state index is -0.558. The minimum absolute atomic E-state index is 0.0978. The highest BCUT2D eigenvalue weighted by atomic mass is 16.5. The van der Waals surface area contributed by atoms with Gasteiger partial charge >= 0.3 is 0 Å². The van der Waals surface area contributed by atoms with Gasteiger partial charge in [0.25, 0.3) is 11.8 Å². The van der Waals surface area contributed by atoms with E-state index < -0.39 is 5.91 Å². The highest BCUT2D eigenvalue weighted by Crippen LogP contribution is 2.18. The van der Waals surface area contributed by atoms with E-state index in [-0.39, 0.29) is 5.91 Å². The molecule has 2 aromatic rings. The Labute approximate surface area is 129 Å². The van der Waals surface area contributed by atoms with Gasteiger partial charge in [-0.15, -0.1) is 0 Å². The lowest BCUT2D eigenvalue weighted by Crippen LogP contribution is -2.27. The van der Waals surface area contributed by atoms with Gasteiger partial charge in [-0.05, 0) is 41.0 Å². The number of fused-ring (bicyclic) bond motifs is 1. The first-order valence-electron chi connectivity index (χ1n) is 7.31. The van der Waals surface area contributed by atoms with E-state index in [1.165, 1.54) is 0 Å². The molecular formula is C17H20N2O3. The molecule has 2 rings (SSSR count). The van der Waals surface area contributed by atoms with Crippen LogP contribution in [0.5, 0.6) is 0 Å². The molecule has 1 unspecified atom stereocenters. The summed E-state index contributed by atoms with van der Waals surface area (Å²) >= 11 is 0. The first-order chi connectivity index (χ1) is 10.5. The Kier molecular flexibility index (Phi) is 5.12. The molecule has 5 nitrogen and oxygen atoms in total. The van der Waals surface area contributed by atoms with Crippen LogP contribution in [0.3, 0.4) is 0 Å². The number of nitrogens with one attached hydrogen (secondary N) is 2. The summed E-state index contributed by atoms with van der Waals surface area (Å²) in [5, 5.41) is 13.3. The highest BCUT2D eigenvalue weighted by molar-refractivity contribution is 6.01. The minimum Gasteiger partial charge on any atom is -0.352 e. The molecule has 22 heavy (non-hydrogen) atoms. The molecule has 5 heteroatoms. The smallest absolute Gasteiger partial charge is 0.274 e. The fourth-order valence-corrected chi connectivity index (χ4v) is 2.11. The number of hydroxylamine groups is 1. The summed E-state index contributed by atoms with van der Waals surface area (Å²) in [5.41, 5.74) is 2.56. The predicted molar refractivity (Wildman–Crippen MR) is 85.0 cm³/mol. The van der Waals surface area contributed by atoms with E-state index in [4.69, 9.17) is 5.21 Å². The molecule has 2 aromatic carbocycles. The van der Waals surface area contributed by atoms with Crippen molar-refractivity contribution in [1.29, 1.82) is 0 Å². The molecule has 0 radical (unpaired) electrons. The maximum atomic E-state index is 12.1. The van der Waals surface area contributed by atoms with Crippen LogP contribution in [0.2, 0.25) is 0 Å². The van der Waals surface area contributed by atoms with E-state index in [0.29, 0.717) is 23.6 Å². The fraction of sp³-hybridized carbons (Fsp3) is 0.294. The summed E-state index contributed by atoms with van der Waals surface area (Å²) < 4.78 is 0. The van der Waals surface area contributed by atoms with E-state index >= 15 is 0 Å². The predicted octanol–water partition coefficient (Wildman–Crippen LogP) is 2.73. The van der Waals surface area contributed by atoms with Crippen molar-refractivity contribution in [2.75, 3.05) is 6.54 Å². The zero-order valence-electron chi connectivity index (χ0n) is 12.7. The first kappa shape index (κ1) is 16.0. The summed E-state index contributed by atoms with van der Waals surface area (Å²) in [6.45, 7) is 4.84. The second-order valence-electron chi connectivity index (χ2n) is 5.44. The fourth-order valence-electron chi connectivity index (χ4n) is 2.11. The summed E-state index contributed by atoms with van der Waals surface area (Å²) in [4.78, 5) is 23.5. The lowest BCUT2D eigenvalue weighted by molar-refractivity contribution is 0.0706. The Hall–Kier alpha value is -2.40.